The van der Waals surface area contributed by atoms with E-state index in [1.165, 1.54) is 6.07 Å². The lowest BCUT2D eigenvalue weighted by atomic mass is 10.1. The van der Waals surface area contributed by atoms with Gasteiger partial charge < -0.3 is 19.5 Å². The zero-order valence-electron chi connectivity index (χ0n) is 13.9. The molecule has 0 amide bonds. The topological polar surface area (TPSA) is 39.7 Å². The van der Waals surface area contributed by atoms with Crippen molar-refractivity contribution in [2.45, 2.75) is 19.5 Å². The molecule has 5 heteroatoms. The molecule has 0 aliphatic carbocycles. The molecule has 1 atom stereocenters. The first kappa shape index (κ1) is 17.1. The monoisotopic (exact) mass is 319 g/mol. The van der Waals surface area contributed by atoms with Gasteiger partial charge in [-0.2, -0.15) is 0 Å². The Labute approximate surface area is 136 Å². The molecule has 0 spiro atoms. The standard InChI is InChI=1S/C18H22FNO3/c1-12(20-11-13-7-5-6-8-15(13)19)14-9-16(21-2)18(23-4)17(10-14)22-3/h5-10,12,20H,11H2,1-4H3. The first-order valence-corrected chi connectivity index (χ1v) is 7.37. The lowest BCUT2D eigenvalue weighted by Crippen LogP contribution is -2.19. The zero-order valence-corrected chi connectivity index (χ0v) is 13.9. The van der Waals surface area contributed by atoms with Crippen molar-refractivity contribution in [3.05, 3.63) is 53.3 Å². The Kier molecular flexibility index (Phi) is 5.82. The highest BCUT2D eigenvalue weighted by Crippen LogP contribution is 2.39. The maximum absolute atomic E-state index is 13.7. The molecule has 2 rings (SSSR count). The number of nitrogens with one attached hydrogen (secondary N) is 1. The summed E-state index contributed by atoms with van der Waals surface area (Å²) >= 11 is 0. The third kappa shape index (κ3) is 3.93. The minimum atomic E-state index is -0.211. The van der Waals surface area contributed by atoms with E-state index in [2.05, 4.69) is 5.32 Å². The summed E-state index contributed by atoms with van der Waals surface area (Å²) in [5.41, 5.74) is 1.60. The van der Waals surface area contributed by atoms with Gasteiger partial charge in [0.1, 0.15) is 5.82 Å². The number of hydrogen-bond acceptors (Lipinski definition) is 4. The van der Waals surface area contributed by atoms with Crippen molar-refractivity contribution in [2.24, 2.45) is 0 Å². The molecule has 23 heavy (non-hydrogen) atoms. The maximum atomic E-state index is 13.7. The van der Waals surface area contributed by atoms with Crippen molar-refractivity contribution >= 4 is 0 Å². The second kappa shape index (κ2) is 7.83. The molecule has 0 bridgehead atoms. The van der Waals surface area contributed by atoms with E-state index in [0.29, 0.717) is 29.4 Å². The lowest BCUT2D eigenvalue weighted by Gasteiger charge is -2.19. The Morgan fingerprint density at radius 3 is 2.13 bits per heavy atom. The number of ether oxygens (including phenoxy) is 3. The normalized spacial score (nSPS) is 11.9. The van der Waals surface area contributed by atoms with Crippen molar-refractivity contribution in [1.29, 1.82) is 0 Å². The second-order valence-corrected chi connectivity index (χ2v) is 5.15. The summed E-state index contributed by atoms with van der Waals surface area (Å²) in [5.74, 6) is 1.54. The van der Waals surface area contributed by atoms with E-state index in [1.54, 1.807) is 33.5 Å². The lowest BCUT2D eigenvalue weighted by molar-refractivity contribution is 0.323. The molecule has 0 heterocycles. The van der Waals surface area contributed by atoms with Gasteiger partial charge in [-0.3, -0.25) is 0 Å². The molecule has 1 unspecified atom stereocenters. The van der Waals surface area contributed by atoms with Gasteiger partial charge in [0, 0.05) is 18.2 Å². The molecule has 2 aromatic carbocycles. The first-order chi connectivity index (χ1) is 11.1. The summed E-state index contributed by atoms with van der Waals surface area (Å²) in [4.78, 5) is 0. The summed E-state index contributed by atoms with van der Waals surface area (Å²) in [6.07, 6.45) is 0. The summed E-state index contributed by atoms with van der Waals surface area (Å²) in [7, 11) is 4.73. The number of methoxy groups -OCH3 is 3. The highest BCUT2D eigenvalue weighted by Gasteiger charge is 2.16. The molecule has 0 radical (unpaired) electrons. The fourth-order valence-corrected chi connectivity index (χ4v) is 2.37. The van der Waals surface area contributed by atoms with Gasteiger partial charge in [0.15, 0.2) is 11.5 Å². The molecule has 124 valence electrons. The minimum Gasteiger partial charge on any atom is -0.493 e. The van der Waals surface area contributed by atoms with Crippen LogP contribution >= 0.6 is 0 Å². The van der Waals surface area contributed by atoms with E-state index in [0.717, 1.165) is 5.56 Å². The van der Waals surface area contributed by atoms with Gasteiger partial charge in [0.2, 0.25) is 5.75 Å². The number of halogens is 1. The van der Waals surface area contributed by atoms with Gasteiger partial charge in [-0.25, -0.2) is 4.39 Å². The predicted molar refractivity (Wildman–Crippen MR) is 87.8 cm³/mol. The van der Waals surface area contributed by atoms with Crippen LogP contribution in [0.15, 0.2) is 36.4 Å². The average molecular weight is 319 g/mol. The molecule has 0 aliphatic rings. The van der Waals surface area contributed by atoms with Gasteiger partial charge in [-0.05, 0) is 30.7 Å². The number of benzene rings is 2. The third-order valence-corrected chi connectivity index (χ3v) is 3.74. The fraction of sp³-hybridized carbons (Fsp3) is 0.333. The molecule has 0 aromatic heterocycles. The summed E-state index contributed by atoms with van der Waals surface area (Å²) < 4.78 is 29.7. The maximum Gasteiger partial charge on any atom is 0.203 e. The van der Waals surface area contributed by atoms with Gasteiger partial charge in [-0.15, -0.1) is 0 Å². The first-order valence-electron chi connectivity index (χ1n) is 7.37. The SMILES string of the molecule is COc1cc(C(C)NCc2ccccc2F)cc(OC)c1OC. The summed E-state index contributed by atoms with van der Waals surface area (Å²) in [5, 5.41) is 3.30. The van der Waals surface area contributed by atoms with Crippen molar-refractivity contribution in [2.75, 3.05) is 21.3 Å². The van der Waals surface area contributed by atoms with Gasteiger partial charge in [-0.1, -0.05) is 18.2 Å². The fourth-order valence-electron chi connectivity index (χ4n) is 2.37. The molecular weight excluding hydrogens is 297 g/mol. The van der Waals surface area contributed by atoms with Gasteiger partial charge in [0.05, 0.1) is 21.3 Å². The van der Waals surface area contributed by atoms with Crippen molar-refractivity contribution in [3.63, 3.8) is 0 Å². The molecule has 0 fully saturated rings. The summed E-state index contributed by atoms with van der Waals surface area (Å²) in [6, 6.07) is 10.5. The molecule has 1 N–H and O–H groups in total. The largest absolute Gasteiger partial charge is 0.493 e. The highest BCUT2D eigenvalue weighted by atomic mass is 19.1. The van der Waals surface area contributed by atoms with Crippen LogP contribution in [0.25, 0.3) is 0 Å². The zero-order chi connectivity index (χ0) is 16.8. The van der Waals surface area contributed by atoms with Crippen molar-refractivity contribution in [1.82, 2.24) is 5.32 Å². The minimum absolute atomic E-state index is 0.0108. The van der Waals surface area contributed by atoms with Crippen LogP contribution in [0.5, 0.6) is 17.2 Å². The Bertz CT molecular complexity index is 635. The molecule has 0 saturated heterocycles. The van der Waals surface area contributed by atoms with Gasteiger partial charge in [0.25, 0.3) is 0 Å². The third-order valence-electron chi connectivity index (χ3n) is 3.74. The number of hydrogen-bond donors (Lipinski definition) is 1. The Balaban J connectivity index is 2.19. The quantitative estimate of drug-likeness (QED) is 0.844. The molecule has 4 nitrogen and oxygen atoms in total. The van der Waals surface area contributed by atoms with Crippen LogP contribution in [0.3, 0.4) is 0 Å². The Hall–Kier alpha value is -2.27. The van der Waals surface area contributed by atoms with Gasteiger partial charge >= 0.3 is 0 Å². The average Bonchev–Trinajstić information content (AvgIpc) is 2.59. The van der Waals surface area contributed by atoms with E-state index in [-0.39, 0.29) is 11.9 Å². The molecule has 2 aromatic rings. The Morgan fingerprint density at radius 1 is 1.00 bits per heavy atom. The molecule has 0 aliphatic heterocycles. The summed E-state index contributed by atoms with van der Waals surface area (Å²) in [6.45, 7) is 2.44. The molecule has 0 saturated carbocycles. The van der Waals surface area contributed by atoms with Crippen LogP contribution in [0.4, 0.5) is 4.39 Å². The Morgan fingerprint density at radius 2 is 1.61 bits per heavy atom. The van der Waals surface area contributed by atoms with E-state index in [4.69, 9.17) is 14.2 Å². The van der Waals surface area contributed by atoms with E-state index >= 15 is 0 Å². The smallest absolute Gasteiger partial charge is 0.203 e. The predicted octanol–water partition coefficient (Wildman–Crippen LogP) is 3.70. The van der Waals surface area contributed by atoms with E-state index < -0.39 is 0 Å². The van der Waals surface area contributed by atoms with Crippen molar-refractivity contribution < 1.29 is 18.6 Å². The highest BCUT2D eigenvalue weighted by molar-refractivity contribution is 5.54. The van der Waals surface area contributed by atoms with Crippen LogP contribution in [0.1, 0.15) is 24.1 Å². The van der Waals surface area contributed by atoms with Crippen LogP contribution < -0.4 is 19.5 Å². The van der Waals surface area contributed by atoms with Crippen molar-refractivity contribution in [3.8, 4) is 17.2 Å². The van der Waals surface area contributed by atoms with E-state index in [9.17, 15) is 4.39 Å². The second-order valence-electron chi connectivity index (χ2n) is 5.15. The van der Waals surface area contributed by atoms with Crippen LogP contribution in [0.2, 0.25) is 0 Å². The van der Waals surface area contributed by atoms with Crippen LogP contribution in [-0.4, -0.2) is 21.3 Å². The number of rotatable bonds is 7. The molecular formula is C18H22FNO3. The van der Waals surface area contributed by atoms with Crippen LogP contribution in [-0.2, 0) is 6.54 Å². The van der Waals surface area contributed by atoms with E-state index in [1.807, 2.05) is 25.1 Å². The van der Waals surface area contributed by atoms with Crippen LogP contribution in [0, 0.1) is 5.82 Å².